The number of hydrogen-bond acceptors (Lipinski definition) is 5. The standard InChI is InChI=1S/C18H21N5O2S/c1-12-6-5-7-13(10-12)19-15(24)11-22-17(25)23-14(20-22)8-9-16(21-23)26-18(2,3)4/h5-10H,11H2,1-4H3,(H,19,24). The molecule has 0 aliphatic carbocycles. The van der Waals surface area contributed by atoms with Crippen molar-refractivity contribution in [2.24, 2.45) is 0 Å². The summed E-state index contributed by atoms with van der Waals surface area (Å²) in [5.74, 6) is -0.314. The van der Waals surface area contributed by atoms with E-state index in [0.29, 0.717) is 11.3 Å². The van der Waals surface area contributed by atoms with Crippen molar-refractivity contribution in [1.29, 1.82) is 0 Å². The van der Waals surface area contributed by atoms with Crippen LogP contribution in [0.5, 0.6) is 0 Å². The topological polar surface area (TPSA) is 81.3 Å². The zero-order valence-corrected chi connectivity index (χ0v) is 16.0. The number of aryl methyl sites for hydroxylation is 1. The van der Waals surface area contributed by atoms with Crippen LogP contribution in [0.3, 0.4) is 0 Å². The molecule has 0 unspecified atom stereocenters. The second-order valence-corrected chi connectivity index (χ2v) is 8.86. The Morgan fingerprint density at radius 3 is 2.65 bits per heavy atom. The Morgan fingerprint density at radius 2 is 1.96 bits per heavy atom. The van der Waals surface area contributed by atoms with Crippen LogP contribution in [0.2, 0.25) is 0 Å². The summed E-state index contributed by atoms with van der Waals surface area (Å²) in [5.41, 5.74) is 1.71. The summed E-state index contributed by atoms with van der Waals surface area (Å²) in [6.07, 6.45) is 0. The minimum atomic E-state index is -0.434. The van der Waals surface area contributed by atoms with E-state index in [4.69, 9.17) is 0 Å². The van der Waals surface area contributed by atoms with Crippen LogP contribution in [-0.4, -0.2) is 30.0 Å². The molecule has 0 spiro atoms. The van der Waals surface area contributed by atoms with Crippen LogP contribution in [0.25, 0.3) is 5.65 Å². The molecule has 2 aromatic heterocycles. The van der Waals surface area contributed by atoms with Crippen LogP contribution in [0.1, 0.15) is 26.3 Å². The minimum Gasteiger partial charge on any atom is -0.324 e. The van der Waals surface area contributed by atoms with Gasteiger partial charge in [0.25, 0.3) is 0 Å². The zero-order valence-electron chi connectivity index (χ0n) is 15.2. The minimum absolute atomic E-state index is 0.0199. The molecule has 3 aromatic rings. The molecule has 0 radical (unpaired) electrons. The first-order chi connectivity index (χ1) is 12.2. The fourth-order valence-electron chi connectivity index (χ4n) is 2.42. The van der Waals surface area contributed by atoms with Crippen molar-refractivity contribution in [2.75, 3.05) is 5.32 Å². The lowest BCUT2D eigenvalue weighted by atomic mass is 10.2. The van der Waals surface area contributed by atoms with Crippen molar-refractivity contribution in [1.82, 2.24) is 19.4 Å². The molecule has 1 aromatic carbocycles. The molecule has 0 aliphatic heterocycles. The van der Waals surface area contributed by atoms with Crippen molar-refractivity contribution in [2.45, 2.75) is 44.0 Å². The smallest absolute Gasteiger partial charge is 0.324 e. The van der Waals surface area contributed by atoms with E-state index in [0.717, 1.165) is 15.3 Å². The maximum Gasteiger partial charge on any atom is 0.367 e. The van der Waals surface area contributed by atoms with E-state index >= 15 is 0 Å². The number of nitrogens with zero attached hydrogens (tertiary/aromatic N) is 4. The van der Waals surface area contributed by atoms with Gasteiger partial charge in [0.05, 0.1) is 0 Å². The average Bonchev–Trinajstić information content (AvgIpc) is 2.82. The molecule has 1 amide bonds. The Labute approximate surface area is 155 Å². The fraction of sp³-hybridized carbons (Fsp3) is 0.333. The molecule has 0 saturated heterocycles. The molecule has 0 aliphatic rings. The van der Waals surface area contributed by atoms with E-state index in [1.54, 1.807) is 23.9 Å². The molecular formula is C18H21N5O2S. The Morgan fingerprint density at radius 1 is 1.19 bits per heavy atom. The van der Waals surface area contributed by atoms with Gasteiger partial charge in [-0.1, -0.05) is 44.7 Å². The zero-order chi connectivity index (χ0) is 18.9. The second-order valence-electron chi connectivity index (χ2n) is 7.01. The molecule has 1 N–H and O–H groups in total. The van der Waals surface area contributed by atoms with Crippen LogP contribution < -0.4 is 11.0 Å². The summed E-state index contributed by atoms with van der Waals surface area (Å²) in [6, 6.07) is 11.0. The Kier molecular flexibility index (Phi) is 4.86. The number of aromatic nitrogens is 4. The first-order valence-corrected chi connectivity index (χ1v) is 9.05. The molecule has 0 bridgehead atoms. The normalized spacial score (nSPS) is 11.7. The van der Waals surface area contributed by atoms with Gasteiger partial charge in [-0.15, -0.1) is 5.10 Å². The first kappa shape index (κ1) is 18.2. The summed E-state index contributed by atoms with van der Waals surface area (Å²) >= 11 is 1.56. The van der Waals surface area contributed by atoms with Crippen molar-refractivity contribution >= 4 is 29.0 Å². The number of nitrogens with one attached hydrogen (secondary N) is 1. The molecule has 26 heavy (non-hydrogen) atoms. The van der Waals surface area contributed by atoms with E-state index in [1.807, 2.05) is 31.2 Å². The predicted molar refractivity (Wildman–Crippen MR) is 103 cm³/mol. The summed E-state index contributed by atoms with van der Waals surface area (Å²) in [5, 5.41) is 12.0. The van der Waals surface area contributed by atoms with Gasteiger partial charge in [0, 0.05) is 10.4 Å². The molecule has 0 fully saturated rings. The lowest BCUT2D eigenvalue weighted by Gasteiger charge is -2.16. The van der Waals surface area contributed by atoms with Gasteiger partial charge in [-0.25, -0.2) is 9.48 Å². The third-order valence-electron chi connectivity index (χ3n) is 3.42. The largest absolute Gasteiger partial charge is 0.367 e. The van der Waals surface area contributed by atoms with Crippen LogP contribution in [-0.2, 0) is 11.3 Å². The van der Waals surface area contributed by atoms with Crippen LogP contribution in [0, 0.1) is 6.92 Å². The Hall–Kier alpha value is -2.61. The highest BCUT2D eigenvalue weighted by Gasteiger charge is 2.16. The van der Waals surface area contributed by atoms with Gasteiger partial charge in [-0.2, -0.15) is 9.61 Å². The summed E-state index contributed by atoms with van der Waals surface area (Å²) < 4.78 is 2.33. The number of benzene rings is 1. The van der Waals surface area contributed by atoms with E-state index in [9.17, 15) is 9.59 Å². The maximum atomic E-state index is 12.5. The quantitative estimate of drug-likeness (QED) is 0.713. The van der Waals surface area contributed by atoms with Crippen LogP contribution >= 0.6 is 11.8 Å². The maximum absolute atomic E-state index is 12.5. The van der Waals surface area contributed by atoms with E-state index in [-0.39, 0.29) is 17.2 Å². The predicted octanol–water partition coefficient (Wildman–Crippen LogP) is 2.73. The van der Waals surface area contributed by atoms with E-state index in [1.165, 1.54) is 4.52 Å². The van der Waals surface area contributed by atoms with Gasteiger partial charge in [0.1, 0.15) is 11.6 Å². The number of thioether (sulfide) groups is 1. The SMILES string of the molecule is Cc1cccc(NC(=O)Cn2nc3ccc(SC(C)(C)C)nn3c2=O)c1. The van der Waals surface area contributed by atoms with Gasteiger partial charge in [0.2, 0.25) is 5.91 Å². The molecule has 2 heterocycles. The molecular weight excluding hydrogens is 350 g/mol. The first-order valence-electron chi connectivity index (χ1n) is 8.24. The van der Waals surface area contributed by atoms with Crippen molar-refractivity contribution < 1.29 is 4.79 Å². The Balaban J connectivity index is 1.81. The molecule has 0 atom stereocenters. The number of carbonyl (C=O) groups is 1. The monoisotopic (exact) mass is 371 g/mol. The molecule has 0 saturated carbocycles. The molecule has 7 nitrogen and oxygen atoms in total. The summed E-state index contributed by atoms with van der Waals surface area (Å²) in [7, 11) is 0. The van der Waals surface area contributed by atoms with Crippen LogP contribution in [0.15, 0.2) is 46.2 Å². The van der Waals surface area contributed by atoms with E-state index < -0.39 is 5.69 Å². The van der Waals surface area contributed by atoms with Crippen LogP contribution in [0.4, 0.5) is 5.69 Å². The lowest BCUT2D eigenvalue weighted by Crippen LogP contribution is -2.29. The second kappa shape index (κ2) is 6.95. The number of anilines is 1. The Bertz CT molecular complexity index is 1020. The number of rotatable bonds is 4. The number of carbonyl (C=O) groups excluding carboxylic acids is 1. The average molecular weight is 371 g/mol. The van der Waals surface area contributed by atoms with Crippen molar-refractivity contribution in [3.8, 4) is 0 Å². The third kappa shape index (κ3) is 4.32. The van der Waals surface area contributed by atoms with Gasteiger partial charge < -0.3 is 5.32 Å². The van der Waals surface area contributed by atoms with E-state index in [2.05, 4.69) is 36.3 Å². The third-order valence-corrected chi connectivity index (χ3v) is 4.46. The van der Waals surface area contributed by atoms with Gasteiger partial charge in [-0.3, -0.25) is 4.79 Å². The van der Waals surface area contributed by atoms with Crippen molar-refractivity contribution in [3.05, 3.63) is 52.4 Å². The lowest BCUT2D eigenvalue weighted by molar-refractivity contribution is -0.117. The number of fused-ring (bicyclic) bond motifs is 1. The number of amides is 1. The molecule has 8 heteroatoms. The summed E-state index contributed by atoms with van der Waals surface area (Å²) in [6.45, 7) is 8.00. The number of hydrogen-bond donors (Lipinski definition) is 1. The van der Waals surface area contributed by atoms with Gasteiger partial charge in [-0.05, 0) is 36.8 Å². The summed E-state index contributed by atoms with van der Waals surface area (Å²) in [4.78, 5) is 24.7. The molecule has 136 valence electrons. The highest BCUT2D eigenvalue weighted by molar-refractivity contribution is 8.00. The fourth-order valence-corrected chi connectivity index (χ4v) is 3.31. The van der Waals surface area contributed by atoms with Crippen molar-refractivity contribution in [3.63, 3.8) is 0 Å². The highest BCUT2D eigenvalue weighted by Crippen LogP contribution is 2.29. The molecule has 3 rings (SSSR count). The van der Waals surface area contributed by atoms with Gasteiger partial charge in [0.15, 0.2) is 5.65 Å². The highest BCUT2D eigenvalue weighted by atomic mass is 32.2. The van der Waals surface area contributed by atoms with Gasteiger partial charge >= 0.3 is 5.69 Å².